The lowest BCUT2D eigenvalue weighted by Crippen LogP contribution is -2.40. The number of benzene rings is 1. The van der Waals surface area contributed by atoms with Crippen molar-refractivity contribution in [2.45, 2.75) is 19.9 Å². The Bertz CT molecular complexity index is 487. The first-order chi connectivity index (χ1) is 8.99. The second-order valence-corrected chi connectivity index (χ2v) is 5.12. The largest absolute Gasteiger partial charge is 0.378 e. The van der Waals surface area contributed by atoms with Crippen LogP contribution in [-0.4, -0.2) is 43.2 Å². The number of nitrogens with one attached hydrogen (secondary N) is 2. The fourth-order valence-corrected chi connectivity index (χ4v) is 1.98. The highest BCUT2D eigenvalue weighted by Gasteiger charge is 2.25. The minimum Gasteiger partial charge on any atom is -0.378 e. The summed E-state index contributed by atoms with van der Waals surface area (Å²) in [6.45, 7) is 4.72. The maximum Gasteiger partial charge on any atom is 0.158 e. The van der Waals surface area contributed by atoms with Crippen molar-refractivity contribution in [2.75, 3.05) is 25.5 Å². The van der Waals surface area contributed by atoms with Gasteiger partial charge in [-0.3, -0.25) is 10.4 Å². The molecular weight excluding hydrogens is 238 g/mol. The van der Waals surface area contributed by atoms with Gasteiger partial charge in [0.1, 0.15) is 0 Å². The average molecular weight is 259 g/mol. The number of hydrogen-bond donors (Lipinski definition) is 2. The van der Waals surface area contributed by atoms with Crippen LogP contribution in [0.3, 0.4) is 0 Å². The van der Waals surface area contributed by atoms with E-state index in [1.807, 2.05) is 43.4 Å². The van der Waals surface area contributed by atoms with Gasteiger partial charge in [-0.05, 0) is 38.1 Å². The summed E-state index contributed by atoms with van der Waals surface area (Å²) in [5.41, 5.74) is 5.99. The van der Waals surface area contributed by atoms with E-state index in [1.165, 1.54) is 0 Å². The quantitative estimate of drug-likeness (QED) is 0.873. The summed E-state index contributed by atoms with van der Waals surface area (Å²) in [6.07, 6.45) is 0. The molecule has 0 atom stereocenters. The van der Waals surface area contributed by atoms with E-state index in [0.717, 1.165) is 17.1 Å². The van der Waals surface area contributed by atoms with Crippen molar-refractivity contribution < 1.29 is 0 Å². The molecule has 0 saturated carbocycles. The van der Waals surface area contributed by atoms with Crippen LogP contribution in [0.25, 0.3) is 0 Å². The third-order valence-corrected chi connectivity index (χ3v) is 3.08. The van der Waals surface area contributed by atoms with Crippen LogP contribution in [0.15, 0.2) is 29.3 Å². The van der Waals surface area contributed by atoms with E-state index >= 15 is 0 Å². The van der Waals surface area contributed by atoms with Crippen molar-refractivity contribution in [1.82, 2.24) is 10.4 Å². The first-order valence-corrected chi connectivity index (χ1v) is 6.45. The van der Waals surface area contributed by atoms with Crippen LogP contribution in [0.4, 0.5) is 11.4 Å². The van der Waals surface area contributed by atoms with E-state index in [2.05, 4.69) is 29.2 Å². The van der Waals surface area contributed by atoms with Crippen molar-refractivity contribution in [3.63, 3.8) is 0 Å². The minimum atomic E-state index is 0.260. The molecule has 0 amide bonds. The van der Waals surface area contributed by atoms with E-state index in [4.69, 9.17) is 5.41 Å². The normalized spacial score (nSPS) is 17.6. The molecule has 1 aromatic carbocycles. The predicted molar refractivity (Wildman–Crippen MR) is 80.6 cm³/mol. The Balaban J connectivity index is 2.16. The van der Waals surface area contributed by atoms with Crippen molar-refractivity contribution >= 4 is 22.9 Å². The molecule has 0 aliphatic carbocycles. The molecule has 1 aliphatic heterocycles. The SMILES string of the molecule is CC(C)N1NCC(=Nc2ccc(N(C)C)cc2)C1=N. The first-order valence-electron chi connectivity index (χ1n) is 6.45. The van der Waals surface area contributed by atoms with E-state index < -0.39 is 0 Å². The maximum atomic E-state index is 8.08. The van der Waals surface area contributed by atoms with Crippen LogP contribution >= 0.6 is 0 Å². The van der Waals surface area contributed by atoms with Gasteiger partial charge in [0.2, 0.25) is 0 Å². The number of nitrogens with zero attached hydrogens (tertiary/aromatic N) is 3. The Morgan fingerprint density at radius 3 is 2.37 bits per heavy atom. The standard InChI is InChI=1S/C14H21N5/c1-10(2)19-14(15)13(9-16-19)17-11-5-7-12(8-6-11)18(3)4/h5-8,10,15-16H,9H2,1-4H3. The van der Waals surface area contributed by atoms with Crippen LogP contribution in [0.1, 0.15) is 13.8 Å². The molecule has 1 aromatic rings. The van der Waals surface area contributed by atoms with E-state index in [-0.39, 0.29) is 6.04 Å². The zero-order valence-corrected chi connectivity index (χ0v) is 11.9. The monoisotopic (exact) mass is 259 g/mol. The number of aliphatic imine (C=N–C) groups is 1. The van der Waals surface area contributed by atoms with Crippen molar-refractivity contribution in [3.05, 3.63) is 24.3 Å². The molecule has 2 N–H and O–H groups in total. The Hall–Kier alpha value is -1.88. The minimum absolute atomic E-state index is 0.260. The van der Waals surface area contributed by atoms with Gasteiger partial charge >= 0.3 is 0 Å². The molecule has 102 valence electrons. The average Bonchev–Trinajstić information content (AvgIpc) is 2.72. The summed E-state index contributed by atoms with van der Waals surface area (Å²) in [5.74, 6) is 0.465. The lowest BCUT2D eigenvalue weighted by Gasteiger charge is -2.21. The van der Waals surface area contributed by atoms with Gasteiger partial charge < -0.3 is 4.90 Å². The van der Waals surface area contributed by atoms with E-state index in [1.54, 1.807) is 0 Å². The molecular formula is C14H21N5. The zero-order valence-electron chi connectivity index (χ0n) is 11.9. The fourth-order valence-electron chi connectivity index (χ4n) is 1.98. The van der Waals surface area contributed by atoms with Gasteiger partial charge in [-0.25, -0.2) is 10.4 Å². The Labute approximate surface area is 114 Å². The molecule has 0 aromatic heterocycles. The summed E-state index contributed by atoms with van der Waals surface area (Å²) in [4.78, 5) is 6.59. The van der Waals surface area contributed by atoms with Crippen LogP contribution in [0.2, 0.25) is 0 Å². The molecule has 1 aliphatic rings. The predicted octanol–water partition coefficient (Wildman–Crippen LogP) is 2.03. The third kappa shape index (κ3) is 2.93. The summed E-state index contributed by atoms with van der Waals surface area (Å²) < 4.78 is 0. The second kappa shape index (κ2) is 5.40. The van der Waals surface area contributed by atoms with E-state index in [9.17, 15) is 0 Å². The van der Waals surface area contributed by atoms with Crippen molar-refractivity contribution in [2.24, 2.45) is 4.99 Å². The highest BCUT2D eigenvalue weighted by molar-refractivity contribution is 6.42. The number of hydrazine groups is 1. The summed E-state index contributed by atoms with van der Waals surface area (Å²) in [7, 11) is 4.02. The van der Waals surface area contributed by atoms with Crippen molar-refractivity contribution in [1.29, 1.82) is 5.41 Å². The molecule has 19 heavy (non-hydrogen) atoms. The molecule has 0 bridgehead atoms. The maximum absolute atomic E-state index is 8.08. The van der Waals surface area contributed by atoms with Crippen molar-refractivity contribution in [3.8, 4) is 0 Å². The Morgan fingerprint density at radius 2 is 1.89 bits per heavy atom. The van der Waals surface area contributed by atoms with Gasteiger partial charge in [-0.1, -0.05) is 0 Å². The van der Waals surface area contributed by atoms with Crippen LogP contribution in [0.5, 0.6) is 0 Å². The van der Waals surface area contributed by atoms with Gasteiger partial charge in [0.25, 0.3) is 0 Å². The molecule has 2 rings (SSSR count). The Morgan fingerprint density at radius 1 is 1.26 bits per heavy atom. The lowest BCUT2D eigenvalue weighted by atomic mass is 10.2. The van der Waals surface area contributed by atoms with Crippen LogP contribution in [-0.2, 0) is 0 Å². The summed E-state index contributed by atoms with van der Waals surface area (Å²) in [6, 6.07) is 8.29. The smallest absolute Gasteiger partial charge is 0.158 e. The van der Waals surface area contributed by atoms with Crippen LogP contribution < -0.4 is 10.3 Å². The molecule has 1 heterocycles. The highest BCUT2D eigenvalue weighted by Crippen LogP contribution is 2.19. The molecule has 1 saturated heterocycles. The number of amidine groups is 1. The number of anilines is 1. The molecule has 5 nitrogen and oxygen atoms in total. The first kappa shape index (κ1) is 13.5. The molecule has 1 fully saturated rings. The lowest BCUT2D eigenvalue weighted by molar-refractivity contribution is 0.288. The van der Waals surface area contributed by atoms with E-state index in [0.29, 0.717) is 12.4 Å². The van der Waals surface area contributed by atoms with Gasteiger partial charge in [0.05, 0.1) is 17.9 Å². The van der Waals surface area contributed by atoms with Gasteiger partial charge in [0.15, 0.2) is 5.84 Å². The van der Waals surface area contributed by atoms with Gasteiger partial charge in [0, 0.05) is 25.8 Å². The second-order valence-electron chi connectivity index (χ2n) is 5.12. The number of rotatable bonds is 3. The van der Waals surface area contributed by atoms with Crippen LogP contribution in [0, 0.1) is 5.41 Å². The van der Waals surface area contributed by atoms with Gasteiger partial charge in [-0.15, -0.1) is 0 Å². The Kier molecular flexibility index (Phi) is 3.85. The molecule has 0 unspecified atom stereocenters. The van der Waals surface area contributed by atoms with Gasteiger partial charge in [-0.2, -0.15) is 0 Å². The third-order valence-electron chi connectivity index (χ3n) is 3.08. The molecule has 0 radical (unpaired) electrons. The number of hydrogen-bond acceptors (Lipinski definition) is 4. The fraction of sp³-hybridized carbons (Fsp3) is 0.429. The molecule has 5 heteroatoms. The zero-order chi connectivity index (χ0) is 14.0. The highest BCUT2D eigenvalue weighted by atomic mass is 15.6. The summed E-state index contributed by atoms with van der Waals surface area (Å²) >= 11 is 0. The summed E-state index contributed by atoms with van der Waals surface area (Å²) in [5, 5.41) is 9.92. The topological polar surface area (TPSA) is 54.7 Å². The molecule has 0 spiro atoms.